The smallest absolute Gasteiger partial charge is 0.263 e. The number of benzene rings is 1. The molecule has 0 saturated carbocycles. The highest BCUT2D eigenvalue weighted by Gasteiger charge is 2.21. The molecule has 0 aliphatic rings. The SMILES string of the molecule is C[C@H](CO)NC(=O)c1cc2c3cn(C)nc3n(-c3ccc(C(F)F)cc3)c2s1. The Hall–Kier alpha value is -2.78. The van der Waals surface area contributed by atoms with E-state index in [1.165, 1.54) is 23.5 Å². The summed E-state index contributed by atoms with van der Waals surface area (Å²) in [5.74, 6) is -0.264. The standard InChI is InChI=1S/C19H18F2N4O2S/c1-10(9-26)22-18(27)15-7-13-14-8-24(2)23-17(14)25(19(13)28-15)12-5-3-11(4-6-12)16(20)21/h3-8,10,16,26H,9H2,1-2H3,(H,22,27)/t10-/m1/s1. The molecular weight excluding hydrogens is 386 g/mol. The minimum atomic E-state index is -2.53. The van der Waals surface area contributed by atoms with Gasteiger partial charge in [-0.25, -0.2) is 8.78 Å². The molecule has 9 heteroatoms. The summed E-state index contributed by atoms with van der Waals surface area (Å²) in [7, 11) is 1.80. The van der Waals surface area contributed by atoms with Crippen molar-refractivity contribution in [3.05, 3.63) is 47.0 Å². The first-order valence-electron chi connectivity index (χ1n) is 8.67. The number of aliphatic hydroxyl groups is 1. The Morgan fingerprint density at radius 2 is 2.00 bits per heavy atom. The van der Waals surface area contributed by atoms with E-state index in [9.17, 15) is 13.6 Å². The van der Waals surface area contributed by atoms with Gasteiger partial charge in [0.2, 0.25) is 0 Å². The van der Waals surface area contributed by atoms with Gasteiger partial charge >= 0.3 is 0 Å². The van der Waals surface area contributed by atoms with E-state index in [1.807, 2.05) is 10.8 Å². The molecule has 3 heterocycles. The number of halogens is 2. The van der Waals surface area contributed by atoms with Crippen LogP contribution in [0.5, 0.6) is 0 Å². The summed E-state index contributed by atoms with van der Waals surface area (Å²) in [6, 6.07) is 7.49. The van der Waals surface area contributed by atoms with Crippen LogP contribution >= 0.6 is 11.3 Å². The fourth-order valence-corrected chi connectivity index (χ4v) is 4.23. The number of nitrogens with one attached hydrogen (secondary N) is 1. The van der Waals surface area contributed by atoms with Gasteiger partial charge in [0.1, 0.15) is 4.83 Å². The number of hydrogen-bond acceptors (Lipinski definition) is 4. The lowest BCUT2D eigenvalue weighted by molar-refractivity contribution is 0.0926. The fraction of sp³-hybridized carbons (Fsp3) is 0.263. The van der Waals surface area contributed by atoms with Gasteiger partial charge in [-0.1, -0.05) is 12.1 Å². The van der Waals surface area contributed by atoms with E-state index < -0.39 is 6.43 Å². The molecule has 1 atom stereocenters. The first-order chi connectivity index (χ1) is 13.4. The van der Waals surface area contributed by atoms with Gasteiger partial charge < -0.3 is 10.4 Å². The topological polar surface area (TPSA) is 72.1 Å². The number of aliphatic hydroxyl groups excluding tert-OH is 1. The molecule has 0 fully saturated rings. The van der Waals surface area contributed by atoms with Crippen LogP contribution in [0.1, 0.15) is 28.6 Å². The number of carbonyl (C=O) groups excluding carboxylic acids is 1. The van der Waals surface area contributed by atoms with E-state index in [0.717, 1.165) is 15.6 Å². The Morgan fingerprint density at radius 3 is 2.64 bits per heavy atom. The normalized spacial score (nSPS) is 12.9. The van der Waals surface area contributed by atoms with E-state index in [0.29, 0.717) is 16.2 Å². The molecule has 0 aliphatic carbocycles. The van der Waals surface area contributed by atoms with Crippen molar-refractivity contribution in [1.82, 2.24) is 19.7 Å². The minimum absolute atomic E-state index is 0.0475. The largest absolute Gasteiger partial charge is 0.394 e. The van der Waals surface area contributed by atoms with E-state index >= 15 is 0 Å². The fourth-order valence-electron chi connectivity index (χ4n) is 3.13. The first kappa shape index (κ1) is 18.6. The van der Waals surface area contributed by atoms with Crippen molar-refractivity contribution in [2.24, 2.45) is 7.05 Å². The number of alkyl halides is 2. The molecule has 1 aromatic carbocycles. The zero-order chi connectivity index (χ0) is 20.0. The summed E-state index contributed by atoms with van der Waals surface area (Å²) >= 11 is 1.30. The number of hydrogen-bond donors (Lipinski definition) is 2. The maximum Gasteiger partial charge on any atom is 0.263 e. The highest BCUT2D eigenvalue weighted by Crippen LogP contribution is 2.37. The lowest BCUT2D eigenvalue weighted by Gasteiger charge is -2.09. The van der Waals surface area contributed by atoms with Crippen LogP contribution in [0.3, 0.4) is 0 Å². The van der Waals surface area contributed by atoms with E-state index in [-0.39, 0.29) is 24.1 Å². The Kier molecular flexibility index (Phi) is 4.64. The quantitative estimate of drug-likeness (QED) is 0.534. The van der Waals surface area contributed by atoms with Crippen LogP contribution in [0, 0.1) is 0 Å². The Morgan fingerprint density at radius 1 is 1.29 bits per heavy atom. The van der Waals surface area contributed by atoms with Gasteiger partial charge in [-0.3, -0.25) is 14.0 Å². The van der Waals surface area contributed by atoms with Crippen LogP contribution < -0.4 is 5.32 Å². The van der Waals surface area contributed by atoms with Crippen LogP contribution in [0.15, 0.2) is 36.5 Å². The highest BCUT2D eigenvalue weighted by atomic mass is 32.1. The maximum atomic E-state index is 12.9. The predicted octanol–water partition coefficient (Wildman–Crippen LogP) is 3.63. The molecule has 6 nitrogen and oxygen atoms in total. The molecule has 0 aliphatic heterocycles. The van der Waals surface area contributed by atoms with Gasteiger partial charge in [0.15, 0.2) is 5.65 Å². The Bertz CT molecular complexity index is 1160. The van der Waals surface area contributed by atoms with Crippen LogP contribution in [0.25, 0.3) is 26.9 Å². The minimum Gasteiger partial charge on any atom is -0.394 e. The molecular formula is C19H18F2N4O2S. The third-order valence-corrected chi connectivity index (χ3v) is 5.62. The van der Waals surface area contributed by atoms with E-state index in [4.69, 9.17) is 5.11 Å². The summed E-state index contributed by atoms with van der Waals surface area (Å²) in [5.41, 5.74) is 1.35. The third kappa shape index (κ3) is 3.06. The van der Waals surface area contributed by atoms with Crippen molar-refractivity contribution < 1.29 is 18.7 Å². The number of nitrogens with zero attached hydrogens (tertiary/aromatic N) is 3. The van der Waals surface area contributed by atoms with Crippen LogP contribution in [-0.2, 0) is 7.05 Å². The zero-order valence-electron chi connectivity index (χ0n) is 15.2. The summed E-state index contributed by atoms with van der Waals surface area (Å²) < 4.78 is 29.3. The van der Waals surface area contributed by atoms with Crippen LogP contribution in [-0.4, -0.2) is 38.0 Å². The monoisotopic (exact) mass is 404 g/mol. The average molecular weight is 404 g/mol. The molecule has 2 N–H and O–H groups in total. The maximum absolute atomic E-state index is 12.9. The molecule has 3 aromatic heterocycles. The number of fused-ring (bicyclic) bond motifs is 3. The number of carbonyl (C=O) groups is 1. The molecule has 0 bridgehead atoms. The van der Waals surface area contributed by atoms with Crippen LogP contribution in [0.4, 0.5) is 8.78 Å². The van der Waals surface area contributed by atoms with Gasteiger partial charge in [-0.15, -0.1) is 11.3 Å². The van der Waals surface area contributed by atoms with E-state index in [1.54, 1.807) is 36.9 Å². The van der Waals surface area contributed by atoms with Crippen molar-refractivity contribution in [2.45, 2.75) is 19.4 Å². The van der Waals surface area contributed by atoms with Crippen molar-refractivity contribution in [3.8, 4) is 5.69 Å². The molecule has 0 unspecified atom stereocenters. The lowest BCUT2D eigenvalue weighted by atomic mass is 10.2. The average Bonchev–Trinajstić information content (AvgIpc) is 3.32. The van der Waals surface area contributed by atoms with Crippen molar-refractivity contribution in [2.75, 3.05) is 6.61 Å². The van der Waals surface area contributed by atoms with Crippen molar-refractivity contribution in [1.29, 1.82) is 0 Å². The summed E-state index contributed by atoms with van der Waals surface area (Å²) in [6.07, 6.45) is -0.661. The first-order valence-corrected chi connectivity index (χ1v) is 9.48. The number of aryl methyl sites for hydroxylation is 1. The predicted molar refractivity (Wildman–Crippen MR) is 104 cm³/mol. The van der Waals surface area contributed by atoms with E-state index in [2.05, 4.69) is 10.4 Å². The zero-order valence-corrected chi connectivity index (χ0v) is 16.0. The molecule has 4 aromatic rings. The van der Waals surface area contributed by atoms with Gasteiger partial charge in [-0.2, -0.15) is 5.10 Å². The van der Waals surface area contributed by atoms with Gasteiger partial charge in [0, 0.05) is 41.3 Å². The van der Waals surface area contributed by atoms with Gasteiger partial charge in [0.25, 0.3) is 12.3 Å². The summed E-state index contributed by atoms with van der Waals surface area (Å²) in [4.78, 5) is 13.8. The number of thiophene rings is 1. The third-order valence-electron chi connectivity index (χ3n) is 4.51. The number of aromatic nitrogens is 3. The molecule has 0 radical (unpaired) electrons. The second-order valence-corrected chi connectivity index (χ2v) is 7.68. The molecule has 4 rings (SSSR count). The Balaban J connectivity index is 1.86. The number of rotatable bonds is 5. The molecule has 1 amide bonds. The highest BCUT2D eigenvalue weighted by molar-refractivity contribution is 7.20. The summed E-state index contributed by atoms with van der Waals surface area (Å²) in [6.45, 7) is 1.57. The van der Waals surface area contributed by atoms with Crippen LogP contribution in [0.2, 0.25) is 0 Å². The second-order valence-electron chi connectivity index (χ2n) is 6.65. The van der Waals surface area contributed by atoms with Gasteiger partial charge in [-0.05, 0) is 25.1 Å². The Labute approximate surface area is 163 Å². The van der Waals surface area contributed by atoms with Crippen molar-refractivity contribution in [3.63, 3.8) is 0 Å². The molecule has 0 spiro atoms. The molecule has 0 saturated heterocycles. The van der Waals surface area contributed by atoms with Crippen molar-refractivity contribution >= 4 is 38.5 Å². The molecule has 146 valence electrons. The number of amides is 1. The lowest BCUT2D eigenvalue weighted by Crippen LogP contribution is -2.34. The summed E-state index contributed by atoms with van der Waals surface area (Å²) in [5, 5.41) is 18.1. The molecule has 28 heavy (non-hydrogen) atoms. The second kappa shape index (κ2) is 6.99. The van der Waals surface area contributed by atoms with Gasteiger partial charge in [0.05, 0.1) is 11.5 Å².